The Kier molecular flexibility index (Phi) is 6.22. The standard InChI is InChI=1S/C14H15ClF3NO3/c1-3-22-13(21)10-8-19(6-4-5-9(2)15)12(20)7-11(10)14(16,17)18/h7-8H,2-6H2,1H3. The van der Waals surface area contributed by atoms with Crippen molar-refractivity contribution in [3.8, 4) is 0 Å². The van der Waals surface area contributed by atoms with Crippen LogP contribution in [0.2, 0.25) is 0 Å². The number of allylic oxidation sites excluding steroid dienone is 1. The summed E-state index contributed by atoms with van der Waals surface area (Å²) in [7, 11) is 0. The van der Waals surface area contributed by atoms with Crippen LogP contribution < -0.4 is 5.56 Å². The van der Waals surface area contributed by atoms with Crippen LogP contribution in [-0.2, 0) is 17.5 Å². The largest absolute Gasteiger partial charge is 0.462 e. The third kappa shape index (κ3) is 4.91. The first-order chi connectivity index (χ1) is 10.2. The Bertz CT molecular complexity index is 623. The molecule has 0 aliphatic rings. The van der Waals surface area contributed by atoms with E-state index in [1.54, 1.807) is 0 Å². The quantitative estimate of drug-likeness (QED) is 0.745. The lowest BCUT2D eigenvalue weighted by molar-refractivity contribution is -0.138. The molecule has 0 aliphatic heterocycles. The van der Waals surface area contributed by atoms with Crippen LogP contribution in [0.5, 0.6) is 0 Å². The smallest absolute Gasteiger partial charge is 0.417 e. The molecule has 0 saturated carbocycles. The van der Waals surface area contributed by atoms with E-state index in [1.807, 2.05) is 0 Å². The van der Waals surface area contributed by atoms with Crippen LogP contribution in [0.3, 0.4) is 0 Å². The van der Waals surface area contributed by atoms with E-state index in [9.17, 15) is 22.8 Å². The average Bonchev–Trinajstić information content (AvgIpc) is 2.38. The molecule has 0 saturated heterocycles. The third-order valence-corrected chi connectivity index (χ3v) is 2.96. The predicted octanol–water partition coefficient (Wildman–Crippen LogP) is 3.58. The van der Waals surface area contributed by atoms with Crippen molar-refractivity contribution in [2.75, 3.05) is 6.61 Å². The Balaban J connectivity index is 3.22. The average molecular weight is 338 g/mol. The minimum Gasteiger partial charge on any atom is -0.462 e. The molecule has 1 heterocycles. The highest BCUT2D eigenvalue weighted by molar-refractivity contribution is 6.29. The highest BCUT2D eigenvalue weighted by atomic mass is 35.5. The number of esters is 1. The fourth-order valence-electron chi connectivity index (χ4n) is 1.80. The van der Waals surface area contributed by atoms with E-state index in [0.29, 0.717) is 23.9 Å². The van der Waals surface area contributed by atoms with Gasteiger partial charge in [0.1, 0.15) is 0 Å². The van der Waals surface area contributed by atoms with Gasteiger partial charge in [-0.2, -0.15) is 13.2 Å². The maximum absolute atomic E-state index is 12.9. The maximum atomic E-state index is 12.9. The number of alkyl halides is 3. The number of hydrogen-bond acceptors (Lipinski definition) is 3. The topological polar surface area (TPSA) is 48.3 Å². The van der Waals surface area contributed by atoms with Gasteiger partial charge >= 0.3 is 12.1 Å². The minimum absolute atomic E-state index is 0.0681. The number of pyridine rings is 1. The normalized spacial score (nSPS) is 11.3. The van der Waals surface area contributed by atoms with E-state index in [-0.39, 0.29) is 13.2 Å². The second-order valence-corrected chi connectivity index (χ2v) is 5.01. The lowest BCUT2D eigenvalue weighted by Gasteiger charge is -2.14. The van der Waals surface area contributed by atoms with Gasteiger partial charge in [0.15, 0.2) is 0 Å². The molecule has 22 heavy (non-hydrogen) atoms. The van der Waals surface area contributed by atoms with Gasteiger partial charge < -0.3 is 9.30 Å². The van der Waals surface area contributed by atoms with Gasteiger partial charge in [-0.05, 0) is 19.8 Å². The van der Waals surface area contributed by atoms with Crippen LogP contribution >= 0.6 is 11.6 Å². The van der Waals surface area contributed by atoms with Crippen molar-refractivity contribution in [1.82, 2.24) is 4.57 Å². The molecule has 0 N–H and O–H groups in total. The lowest BCUT2D eigenvalue weighted by Crippen LogP contribution is -2.26. The SMILES string of the molecule is C=C(Cl)CCCn1cc(C(=O)OCC)c(C(F)(F)F)cc1=O. The number of hydrogen-bond donors (Lipinski definition) is 0. The second-order valence-electron chi connectivity index (χ2n) is 4.47. The lowest BCUT2D eigenvalue weighted by atomic mass is 10.1. The molecule has 0 atom stereocenters. The summed E-state index contributed by atoms with van der Waals surface area (Å²) in [6.45, 7) is 5.01. The van der Waals surface area contributed by atoms with Crippen molar-refractivity contribution < 1.29 is 22.7 Å². The van der Waals surface area contributed by atoms with Crippen molar-refractivity contribution in [3.63, 3.8) is 0 Å². The third-order valence-electron chi connectivity index (χ3n) is 2.77. The molecule has 1 rings (SSSR count). The van der Waals surface area contributed by atoms with E-state index in [0.717, 1.165) is 10.8 Å². The number of ether oxygens (including phenoxy) is 1. The number of halogens is 4. The molecule has 1 aromatic heterocycles. The Morgan fingerprint density at radius 3 is 2.59 bits per heavy atom. The summed E-state index contributed by atoms with van der Waals surface area (Å²) in [5.74, 6) is -1.12. The van der Waals surface area contributed by atoms with E-state index >= 15 is 0 Å². The van der Waals surface area contributed by atoms with E-state index in [1.165, 1.54) is 6.92 Å². The molecular weight excluding hydrogens is 323 g/mol. The van der Waals surface area contributed by atoms with Gasteiger partial charge in [-0.1, -0.05) is 18.2 Å². The summed E-state index contributed by atoms with van der Waals surface area (Å²) < 4.78 is 44.4. The summed E-state index contributed by atoms with van der Waals surface area (Å²) in [6.07, 6.45) is -3.12. The van der Waals surface area contributed by atoms with Gasteiger partial charge in [-0.25, -0.2) is 4.79 Å². The monoisotopic (exact) mass is 337 g/mol. The first-order valence-electron chi connectivity index (χ1n) is 6.49. The molecule has 0 unspecified atom stereocenters. The van der Waals surface area contributed by atoms with Crippen LogP contribution in [0.4, 0.5) is 13.2 Å². The zero-order valence-corrected chi connectivity index (χ0v) is 12.6. The fourth-order valence-corrected chi connectivity index (χ4v) is 1.93. The molecule has 8 heteroatoms. The van der Waals surface area contributed by atoms with E-state index < -0.39 is 28.8 Å². The van der Waals surface area contributed by atoms with Gasteiger partial charge in [-0.3, -0.25) is 4.79 Å². The number of aryl methyl sites for hydroxylation is 1. The second kappa shape index (κ2) is 7.49. The highest BCUT2D eigenvalue weighted by Gasteiger charge is 2.36. The highest BCUT2D eigenvalue weighted by Crippen LogP contribution is 2.31. The number of carbonyl (C=O) groups is 1. The van der Waals surface area contributed by atoms with Crippen molar-refractivity contribution in [1.29, 1.82) is 0 Å². The Morgan fingerprint density at radius 2 is 2.09 bits per heavy atom. The Labute approximate surface area is 130 Å². The van der Waals surface area contributed by atoms with Gasteiger partial charge in [0.2, 0.25) is 0 Å². The molecule has 0 amide bonds. The number of nitrogens with zero attached hydrogens (tertiary/aromatic N) is 1. The van der Waals surface area contributed by atoms with Crippen LogP contribution in [0.25, 0.3) is 0 Å². The molecular formula is C14H15ClF3NO3. The summed E-state index contributed by atoms with van der Waals surface area (Å²) in [5.41, 5.74) is -2.83. The summed E-state index contributed by atoms with van der Waals surface area (Å²) in [4.78, 5) is 23.4. The zero-order chi connectivity index (χ0) is 16.9. The van der Waals surface area contributed by atoms with Gasteiger partial charge in [-0.15, -0.1) is 0 Å². The maximum Gasteiger partial charge on any atom is 0.417 e. The molecule has 0 fully saturated rings. The first-order valence-corrected chi connectivity index (χ1v) is 6.86. The minimum atomic E-state index is -4.81. The van der Waals surface area contributed by atoms with Crippen LogP contribution in [0.15, 0.2) is 28.7 Å². The fraction of sp³-hybridized carbons (Fsp3) is 0.429. The molecule has 0 aromatic carbocycles. The predicted molar refractivity (Wildman–Crippen MR) is 75.9 cm³/mol. The van der Waals surface area contributed by atoms with E-state index in [4.69, 9.17) is 11.6 Å². The molecule has 0 bridgehead atoms. The Morgan fingerprint density at radius 1 is 1.45 bits per heavy atom. The van der Waals surface area contributed by atoms with Crippen LogP contribution in [-0.4, -0.2) is 17.1 Å². The molecule has 0 aliphatic carbocycles. The van der Waals surface area contributed by atoms with Crippen molar-refractivity contribution in [2.45, 2.75) is 32.5 Å². The molecule has 122 valence electrons. The number of aromatic nitrogens is 1. The number of rotatable bonds is 6. The number of carbonyl (C=O) groups excluding carboxylic acids is 1. The van der Waals surface area contributed by atoms with Crippen LogP contribution in [0.1, 0.15) is 35.7 Å². The van der Waals surface area contributed by atoms with Gasteiger partial charge in [0.25, 0.3) is 5.56 Å². The van der Waals surface area contributed by atoms with Gasteiger partial charge in [0.05, 0.1) is 17.7 Å². The van der Waals surface area contributed by atoms with Gasteiger partial charge in [0, 0.05) is 23.8 Å². The Hall–Kier alpha value is -1.76. The van der Waals surface area contributed by atoms with Crippen molar-refractivity contribution in [2.24, 2.45) is 0 Å². The van der Waals surface area contributed by atoms with Crippen LogP contribution in [0, 0.1) is 0 Å². The molecule has 4 nitrogen and oxygen atoms in total. The summed E-state index contributed by atoms with van der Waals surface area (Å²) in [5, 5.41) is 0.380. The molecule has 0 spiro atoms. The zero-order valence-electron chi connectivity index (χ0n) is 11.9. The van der Waals surface area contributed by atoms with E-state index in [2.05, 4.69) is 11.3 Å². The summed E-state index contributed by atoms with van der Waals surface area (Å²) >= 11 is 5.59. The van der Waals surface area contributed by atoms with Crippen molar-refractivity contribution >= 4 is 17.6 Å². The first kappa shape index (κ1) is 18.3. The molecule has 0 radical (unpaired) electrons. The molecule has 1 aromatic rings. The summed E-state index contributed by atoms with van der Waals surface area (Å²) in [6, 6.07) is 0.405. The van der Waals surface area contributed by atoms with Crippen molar-refractivity contribution in [3.05, 3.63) is 45.4 Å².